The number of imide groups is 2. The Morgan fingerprint density at radius 3 is 2.56 bits per heavy atom. The molecular formula is C25H22Cl2N2O6S. The lowest BCUT2D eigenvalue weighted by molar-refractivity contribution is -0.141. The van der Waals surface area contributed by atoms with Gasteiger partial charge in [0.25, 0.3) is 11.8 Å². The van der Waals surface area contributed by atoms with Gasteiger partial charge in [0.1, 0.15) is 18.1 Å². The fourth-order valence-electron chi connectivity index (χ4n) is 6.47. The van der Waals surface area contributed by atoms with Crippen LogP contribution in [-0.2, 0) is 32.3 Å². The van der Waals surface area contributed by atoms with Gasteiger partial charge in [-0.15, -0.1) is 34.5 Å². The third-order valence-electron chi connectivity index (χ3n) is 8.12. The van der Waals surface area contributed by atoms with Gasteiger partial charge in [0.05, 0.1) is 24.3 Å². The van der Waals surface area contributed by atoms with E-state index in [1.165, 1.54) is 23.3 Å². The molecule has 2 aliphatic carbocycles. The number of fused-ring (bicyclic) bond motifs is 4. The first-order valence-corrected chi connectivity index (χ1v) is 13.2. The summed E-state index contributed by atoms with van der Waals surface area (Å²) in [5.74, 6) is -4.15. The van der Waals surface area contributed by atoms with Crippen molar-refractivity contribution >= 4 is 58.2 Å². The standard InChI is InChI=1S/C25H22Cl2N2O6S/c1-28-22(33)24(26)9-16-14(19(25(24,27)23(28)34)17-7-4-12(11-30)35-17)5-6-15-18(16)21(32)29(20(15)31)10-13-3-2-8-36-13/h2-5,7-8,15-16,18-19,30H,6,9-11H2,1H3. The number of amides is 4. The van der Waals surface area contributed by atoms with Crippen molar-refractivity contribution in [3.63, 3.8) is 0 Å². The highest BCUT2D eigenvalue weighted by Gasteiger charge is 2.76. The number of aliphatic hydroxyl groups is 1. The topological polar surface area (TPSA) is 108 Å². The highest BCUT2D eigenvalue weighted by molar-refractivity contribution is 7.09. The van der Waals surface area contributed by atoms with Crippen LogP contribution in [0.25, 0.3) is 0 Å². The summed E-state index contributed by atoms with van der Waals surface area (Å²) in [6.07, 6.45) is 2.09. The number of halogens is 2. The zero-order valence-corrected chi connectivity index (χ0v) is 21.5. The van der Waals surface area contributed by atoms with Crippen LogP contribution >= 0.6 is 34.5 Å². The summed E-state index contributed by atoms with van der Waals surface area (Å²) < 4.78 is 5.83. The summed E-state index contributed by atoms with van der Waals surface area (Å²) in [5, 5.41) is 11.4. The molecule has 36 heavy (non-hydrogen) atoms. The number of thiophene rings is 1. The summed E-state index contributed by atoms with van der Waals surface area (Å²) in [7, 11) is 1.34. The first-order chi connectivity index (χ1) is 17.1. The minimum absolute atomic E-state index is 0.0596. The quantitative estimate of drug-likeness (QED) is 0.357. The van der Waals surface area contributed by atoms with Gasteiger partial charge in [-0.05, 0) is 42.3 Å². The predicted molar refractivity (Wildman–Crippen MR) is 130 cm³/mol. The number of nitrogens with zero attached hydrogens (tertiary/aromatic N) is 2. The summed E-state index contributed by atoms with van der Waals surface area (Å²) in [5.41, 5.74) is 0.664. The van der Waals surface area contributed by atoms with E-state index in [0.29, 0.717) is 12.0 Å². The number of alkyl halides is 2. The number of furan rings is 1. The van der Waals surface area contributed by atoms with Gasteiger partial charge in [-0.25, -0.2) is 0 Å². The van der Waals surface area contributed by atoms with E-state index < -0.39 is 45.2 Å². The van der Waals surface area contributed by atoms with Gasteiger partial charge in [-0.2, -0.15) is 0 Å². The lowest BCUT2D eigenvalue weighted by Crippen LogP contribution is -2.60. The molecule has 188 valence electrons. The monoisotopic (exact) mass is 548 g/mol. The molecule has 3 fully saturated rings. The van der Waals surface area contributed by atoms with E-state index in [2.05, 4.69) is 0 Å². The van der Waals surface area contributed by atoms with Crippen molar-refractivity contribution in [2.24, 2.45) is 17.8 Å². The van der Waals surface area contributed by atoms with E-state index in [-0.39, 0.29) is 42.9 Å². The van der Waals surface area contributed by atoms with Crippen LogP contribution in [0, 0.1) is 17.8 Å². The van der Waals surface area contributed by atoms with Crippen molar-refractivity contribution in [2.45, 2.75) is 41.7 Å². The zero-order valence-electron chi connectivity index (χ0n) is 19.1. The second-order valence-electron chi connectivity index (χ2n) is 9.80. The Kier molecular flexibility index (Phi) is 5.32. The van der Waals surface area contributed by atoms with Crippen LogP contribution in [-0.4, -0.2) is 55.3 Å². The molecule has 4 amide bonds. The van der Waals surface area contributed by atoms with E-state index in [9.17, 15) is 24.3 Å². The lowest BCUT2D eigenvalue weighted by atomic mass is 9.57. The van der Waals surface area contributed by atoms with E-state index in [0.717, 1.165) is 9.78 Å². The lowest BCUT2D eigenvalue weighted by Gasteiger charge is -2.49. The number of likely N-dealkylation sites (tertiary alicyclic amines) is 2. The van der Waals surface area contributed by atoms with Gasteiger partial charge < -0.3 is 9.52 Å². The van der Waals surface area contributed by atoms with E-state index in [1.54, 1.807) is 12.1 Å². The van der Waals surface area contributed by atoms with Crippen LogP contribution in [0.5, 0.6) is 0 Å². The second kappa shape index (κ2) is 8.02. The van der Waals surface area contributed by atoms with Crippen molar-refractivity contribution in [1.29, 1.82) is 0 Å². The number of hydrogen-bond donors (Lipinski definition) is 1. The number of hydrogen-bond acceptors (Lipinski definition) is 7. The van der Waals surface area contributed by atoms with Crippen molar-refractivity contribution in [1.82, 2.24) is 9.80 Å². The number of carbonyl (C=O) groups is 4. The van der Waals surface area contributed by atoms with Crippen LogP contribution < -0.4 is 0 Å². The van der Waals surface area contributed by atoms with Crippen molar-refractivity contribution < 1.29 is 28.7 Å². The Hall–Kier alpha value is -2.46. The molecule has 1 N–H and O–H groups in total. The van der Waals surface area contributed by atoms with Crippen LogP contribution in [0.3, 0.4) is 0 Å². The second-order valence-corrected chi connectivity index (χ2v) is 12.1. The van der Waals surface area contributed by atoms with Gasteiger partial charge >= 0.3 is 0 Å². The van der Waals surface area contributed by atoms with Crippen molar-refractivity contribution in [3.8, 4) is 0 Å². The number of allylic oxidation sites excluding steroid dienone is 2. The molecule has 6 atom stereocenters. The van der Waals surface area contributed by atoms with E-state index in [1.807, 2.05) is 23.6 Å². The molecule has 2 aromatic rings. The SMILES string of the molecule is CN1C(=O)C2(Cl)CC3C(=CCC4C(=O)N(Cc5cccs5)C(=O)C43)C(c3ccc(CO)o3)C2(Cl)C1=O. The molecule has 0 aromatic carbocycles. The minimum atomic E-state index is -1.89. The Bertz CT molecular complexity index is 1340. The first kappa shape index (κ1) is 23.9. The molecular weight excluding hydrogens is 527 g/mol. The molecule has 6 rings (SSSR count). The molecule has 2 aromatic heterocycles. The largest absolute Gasteiger partial charge is 0.463 e. The highest BCUT2D eigenvalue weighted by atomic mass is 35.5. The molecule has 4 heterocycles. The van der Waals surface area contributed by atoms with Gasteiger partial charge in [0.15, 0.2) is 9.75 Å². The number of rotatable bonds is 4. The van der Waals surface area contributed by atoms with Crippen LogP contribution in [0.2, 0.25) is 0 Å². The molecule has 0 radical (unpaired) electrons. The van der Waals surface area contributed by atoms with Crippen molar-refractivity contribution in [3.05, 3.63) is 57.7 Å². The van der Waals surface area contributed by atoms with Crippen LogP contribution in [0.4, 0.5) is 0 Å². The van der Waals surface area contributed by atoms with Gasteiger partial charge in [0, 0.05) is 11.9 Å². The molecule has 4 aliphatic rings. The Morgan fingerprint density at radius 1 is 1.11 bits per heavy atom. The molecule has 0 bridgehead atoms. The molecule has 1 saturated carbocycles. The smallest absolute Gasteiger partial charge is 0.253 e. The minimum Gasteiger partial charge on any atom is -0.463 e. The van der Waals surface area contributed by atoms with Gasteiger partial charge in [0.2, 0.25) is 11.8 Å². The van der Waals surface area contributed by atoms with Crippen molar-refractivity contribution in [2.75, 3.05) is 7.05 Å². The Morgan fingerprint density at radius 2 is 1.89 bits per heavy atom. The van der Waals surface area contributed by atoms with Crippen LogP contribution in [0.1, 0.15) is 35.2 Å². The molecule has 2 aliphatic heterocycles. The molecule has 11 heteroatoms. The normalized spacial score (nSPS) is 35.7. The third-order valence-corrected chi connectivity index (χ3v) is 10.4. The molecule has 2 saturated heterocycles. The summed E-state index contributed by atoms with van der Waals surface area (Å²) in [6.45, 7) is -0.171. The molecule has 6 unspecified atom stereocenters. The van der Waals surface area contributed by atoms with E-state index >= 15 is 0 Å². The fourth-order valence-corrected chi connectivity index (χ4v) is 8.16. The fraction of sp³-hybridized carbons (Fsp3) is 0.440. The first-order valence-electron chi connectivity index (χ1n) is 11.6. The summed E-state index contributed by atoms with van der Waals surface area (Å²) >= 11 is 15.6. The highest BCUT2D eigenvalue weighted by Crippen LogP contribution is 2.65. The van der Waals surface area contributed by atoms with Crippen LogP contribution in [0.15, 0.2) is 45.7 Å². The number of carbonyl (C=O) groups excluding carboxylic acids is 4. The molecule has 8 nitrogen and oxygen atoms in total. The maximum absolute atomic E-state index is 13.7. The molecule has 0 spiro atoms. The van der Waals surface area contributed by atoms with E-state index in [4.69, 9.17) is 27.6 Å². The third kappa shape index (κ3) is 2.91. The maximum atomic E-state index is 13.7. The summed E-state index contributed by atoms with van der Waals surface area (Å²) in [4.78, 5) is 53.2. The van der Waals surface area contributed by atoms with Gasteiger partial charge in [-0.1, -0.05) is 17.7 Å². The Labute approximate surface area is 220 Å². The predicted octanol–water partition coefficient (Wildman–Crippen LogP) is 3.02. The average Bonchev–Trinajstić information content (AvgIpc) is 3.63. The maximum Gasteiger partial charge on any atom is 0.253 e. The Balaban J connectivity index is 1.47. The zero-order chi connectivity index (χ0) is 25.6. The average molecular weight is 549 g/mol. The van der Waals surface area contributed by atoms with Gasteiger partial charge in [-0.3, -0.25) is 29.0 Å². The number of aliphatic hydroxyl groups excluding tert-OH is 1. The summed E-state index contributed by atoms with van der Waals surface area (Å²) in [6, 6.07) is 6.91.